The molecular weight excluding hydrogens is 235 g/mol. The third kappa shape index (κ3) is 2.02. The summed E-state index contributed by atoms with van der Waals surface area (Å²) in [5.74, 6) is -1.01. The molecule has 0 fully saturated rings. The van der Waals surface area contributed by atoms with Crippen LogP contribution in [0.5, 0.6) is 0 Å². The average Bonchev–Trinajstić information content (AvgIpc) is 2.39. The van der Waals surface area contributed by atoms with Crippen LogP contribution in [0.25, 0.3) is 5.69 Å². The highest BCUT2D eigenvalue weighted by atomic mass is 19.1. The molecule has 5 heteroatoms. The van der Waals surface area contributed by atoms with Crippen LogP contribution in [-0.2, 0) is 0 Å². The summed E-state index contributed by atoms with van der Waals surface area (Å²) in [6.45, 7) is 0. The molecule has 18 heavy (non-hydrogen) atoms. The monoisotopic (exact) mass is 246 g/mol. The van der Waals surface area contributed by atoms with E-state index < -0.39 is 17.3 Å². The number of amides is 1. The lowest BCUT2D eigenvalue weighted by Gasteiger charge is -2.08. The van der Waals surface area contributed by atoms with Crippen LogP contribution < -0.4 is 10.9 Å². The summed E-state index contributed by atoms with van der Waals surface area (Å²) in [5, 5.41) is 2.37. The van der Waals surface area contributed by atoms with Crippen molar-refractivity contribution in [3.63, 3.8) is 0 Å². The second-order valence-electron chi connectivity index (χ2n) is 3.63. The molecular formula is C13H11FN2O2. The lowest BCUT2D eigenvalue weighted by molar-refractivity contribution is 0.0961. The van der Waals surface area contributed by atoms with Crippen molar-refractivity contribution >= 4 is 5.91 Å². The molecule has 0 spiro atoms. The lowest BCUT2D eigenvalue weighted by atomic mass is 10.2. The van der Waals surface area contributed by atoms with E-state index >= 15 is 0 Å². The van der Waals surface area contributed by atoms with Crippen molar-refractivity contribution < 1.29 is 9.18 Å². The molecule has 1 heterocycles. The van der Waals surface area contributed by atoms with Gasteiger partial charge in [-0.1, -0.05) is 12.1 Å². The van der Waals surface area contributed by atoms with E-state index in [0.29, 0.717) is 0 Å². The van der Waals surface area contributed by atoms with Gasteiger partial charge >= 0.3 is 0 Å². The molecule has 0 saturated carbocycles. The van der Waals surface area contributed by atoms with Crippen molar-refractivity contribution in [2.75, 3.05) is 7.05 Å². The normalized spacial score (nSPS) is 10.1. The smallest absolute Gasteiger partial charge is 0.268 e. The maximum atomic E-state index is 13.6. The molecule has 1 amide bonds. The van der Waals surface area contributed by atoms with Crippen molar-refractivity contribution in [2.45, 2.75) is 0 Å². The number of carbonyl (C=O) groups is 1. The molecule has 0 bridgehead atoms. The summed E-state index contributed by atoms with van der Waals surface area (Å²) >= 11 is 0. The third-order valence-electron chi connectivity index (χ3n) is 2.53. The standard InChI is InChI=1S/C13H11FN2O2/c1-15-12(17)9-5-4-8-16(13(9)18)11-7-3-2-6-10(11)14/h2-8H,1H3,(H,15,17). The van der Waals surface area contributed by atoms with E-state index in [4.69, 9.17) is 0 Å². The first-order valence-corrected chi connectivity index (χ1v) is 5.34. The Balaban J connectivity index is 2.64. The summed E-state index contributed by atoms with van der Waals surface area (Å²) in [5.41, 5.74) is -0.460. The van der Waals surface area contributed by atoms with Gasteiger partial charge in [0.1, 0.15) is 11.4 Å². The highest BCUT2D eigenvalue weighted by molar-refractivity contribution is 5.93. The maximum Gasteiger partial charge on any atom is 0.268 e. The van der Waals surface area contributed by atoms with E-state index in [-0.39, 0.29) is 11.3 Å². The van der Waals surface area contributed by atoms with Gasteiger partial charge in [0.05, 0.1) is 5.69 Å². The predicted octanol–water partition coefficient (Wildman–Crippen LogP) is 1.34. The zero-order chi connectivity index (χ0) is 13.1. The van der Waals surface area contributed by atoms with Gasteiger partial charge in [-0.25, -0.2) is 4.39 Å². The molecule has 0 saturated heterocycles. The van der Waals surface area contributed by atoms with Crippen molar-refractivity contribution in [2.24, 2.45) is 0 Å². The Morgan fingerprint density at radius 3 is 2.61 bits per heavy atom. The Kier molecular flexibility index (Phi) is 3.23. The number of para-hydroxylation sites is 1. The Morgan fingerprint density at radius 2 is 1.94 bits per heavy atom. The number of carbonyl (C=O) groups excluding carboxylic acids is 1. The molecule has 0 aliphatic heterocycles. The number of nitrogens with zero attached hydrogens (tertiary/aromatic N) is 1. The Hall–Kier alpha value is -2.43. The fraction of sp³-hybridized carbons (Fsp3) is 0.0769. The van der Waals surface area contributed by atoms with Gasteiger partial charge in [0.25, 0.3) is 11.5 Å². The summed E-state index contributed by atoms with van der Waals surface area (Å²) in [4.78, 5) is 23.5. The SMILES string of the molecule is CNC(=O)c1cccn(-c2ccccc2F)c1=O. The molecule has 4 nitrogen and oxygen atoms in total. The minimum absolute atomic E-state index is 0.0248. The van der Waals surface area contributed by atoms with Gasteiger partial charge < -0.3 is 5.32 Å². The summed E-state index contributed by atoms with van der Waals surface area (Å²) in [6, 6.07) is 8.82. The summed E-state index contributed by atoms with van der Waals surface area (Å²) in [7, 11) is 1.43. The highest BCUT2D eigenvalue weighted by Gasteiger charge is 2.12. The van der Waals surface area contributed by atoms with Gasteiger partial charge in [0.2, 0.25) is 0 Å². The number of aromatic nitrogens is 1. The van der Waals surface area contributed by atoms with E-state index in [1.807, 2.05) is 0 Å². The van der Waals surface area contributed by atoms with Crippen LogP contribution in [-0.4, -0.2) is 17.5 Å². The molecule has 0 aliphatic carbocycles. The van der Waals surface area contributed by atoms with E-state index in [1.54, 1.807) is 6.07 Å². The summed E-state index contributed by atoms with van der Waals surface area (Å²) in [6.07, 6.45) is 1.42. The van der Waals surface area contributed by atoms with E-state index in [0.717, 1.165) is 4.57 Å². The number of hydrogen-bond donors (Lipinski definition) is 1. The molecule has 2 aromatic rings. The minimum atomic E-state index is -0.554. The van der Waals surface area contributed by atoms with Crippen LogP contribution in [0.3, 0.4) is 0 Å². The van der Waals surface area contributed by atoms with E-state index in [1.165, 1.54) is 43.6 Å². The molecule has 2 rings (SSSR count). The average molecular weight is 246 g/mol. The zero-order valence-corrected chi connectivity index (χ0v) is 9.68. The highest BCUT2D eigenvalue weighted by Crippen LogP contribution is 2.10. The number of hydrogen-bond acceptors (Lipinski definition) is 2. The molecule has 0 radical (unpaired) electrons. The lowest BCUT2D eigenvalue weighted by Crippen LogP contribution is -2.30. The first kappa shape index (κ1) is 12.0. The third-order valence-corrected chi connectivity index (χ3v) is 2.53. The van der Waals surface area contributed by atoms with Crippen molar-refractivity contribution in [1.29, 1.82) is 0 Å². The van der Waals surface area contributed by atoms with Crippen LogP contribution >= 0.6 is 0 Å². The van der Waals surface area contributed by atoms with Crippen molar-refractivity contribution in [3.8, 4) is 5.69 Å². The number of rotatable bonds is 2. The first-order chi connectivity index (χ1) is 8.65. The van der Waals surface area contributed by atoms with E-state index in [2.05, 4.69) is 5.32 Å². The molecule has 0 aliphatic rings. The Bertz CT molecular complexity index is 649. The van der Waals surface area contributed by atoms with Gasteiger partial charge in [0.15, 0.2) is 0 Å². The van der Waals surface area contributed by atoms with Gasteiger partial charge in [-0.3, -0.25) is 14.2 Å². The number of benzene rings is 1. The first-order valence-electron chi connectivity index (χ1n) is 5.34. The number of nitrogens with one attached hydrogen (secondary N) is 1. The van der Waals surface area contributed by atoms with Crippen LogP contribution in [0, 0.1) is 5.82 Å². The fourth-order valence-electron chi connectivity index (χ4n) is 1.64. The quantitative estimate of drug-likeness (QED) is 0.869. The van der Waals surface area contributed by atoms with Crippen molar-refractivity contribution in [3.05, 3.63) is 64.3 Å². The molecule has 1 aromatic carbocycles. The Labute approximate surface area is 103 Å². The molecule has 0 atom stereocenters. The zero-order valence-electron chi connectivity index (χ0n) is 9.68. The minimum Gasteiger partial charge on any atom is -0.355 e. The number of pyridine rings is 1. The van der Waals surface area contributed by atoms with Crippen molar-refractivity contribution in [1.82, 2.24) is 9.88 Å². The Morgan fingerprint density at radius 1 is 1.22 bits per heavy atom. The van der Waals surface area contributed by atoms with Gasteiger partial charge in [-0.2, -0.15) is 0 Å². The largest absolute Gasteiger partial charge is 0.355 e. The van der Waals surface area contributed by atoms with Crippen LogP contribution in [0.1, 0.15) is 10.4 Å². The van der Waals surface area contributed by atoms with Crippen LogP contribution in [0.15, 0.2) is 47.4 Å². The van der Waals surface area contributed by atoms with Crippen LogP contribution in [0.2, 0.25) is 0 Å². The number of halogens is 1. The summed E-state index contributed by atoms with van der Waals surface area (Å²) < 4.78 is 14.7. The van der Waals surface area contributed by atoms with Gasteiger partial charge in [-0.15, -0.1) is 0 Å². The van der Waals surface area contributed by atoms with Gasteiger partial charge in [0, 0.05) is 13.2 Å². The van der Waals surface area contributed by atoms with E-state index in [9.17, 15) is 14.0 Å². The molecule has 1 N–H and O–H groups in total. The second kappa shape index (κ2) is 4.83. The molecule has 1 aromatic heterocycles. The topological polar surface area (TPSA) is 51.1 Å². The second-order valence-corrected chi connectivity index (χ2v) is 3.63. The predicted molar refractivity (Wildman–Crippen MR) is 65.4 cm³/mol. The molecule has 0 unspecified atom stereocenters. The fourth-order valence-corrected chi connectivity index (χ4v) is 1.64. The maximum absolute atomic E-state index is 13.6. The van der Waals surface area contributed by atoms with Crippen LogP contribution in [0.4, 0.5) is 4.39 Å². The molecule has 92 valence electrons. The van der Waals surface area contributed by atoms with Gasteiger partial charge in [-0.05, 0) is 24.3 Å².